The zero-order valence-corrected chi connectivity index (χ0v) is 15.9. The van der Waals surface area contributed by atoms with E-state index in [1.54, 1.807) is 25.1 Å². The summed E-state index contributed by atoms with van der Waals surface area (Å²) in [5.74, 6) is -0.628. The Kier molecular flexibility index (Phi) is 7.61. The van der Waals surface area contributed by atoms with Crippen molar-refractivity contribution in [3.8, 4) is 17.6 Å². The molecule has 0 heterocycles. The van der Waals surface area contributed by atoms with Gasteiger partial charge in [0.2, 0.25) is 0 Å². The molecule has 1 amide bonds. The standard InChI is InChI=1S/C21H18ClFN2O3/c1-3-9-28-20-16(22)11-14(12-19(20)27-4-2)10-15(13-24)21(26)25-18-8-6-5-7-17(18)23/h3,5-8,10-12H,1,4,9H2,2H3,(H,25,26)/b15-10-. The Morgan fingerprint density at radius 2 is 2.11 bits per heavy atom. The average Bonchev–Trinajstić information content (AvgIpc) is 2.67. The van der Waals surface area contributed by atoms with Gasteiger partial charge in [-0.2, -0.15) is 5.26 Å². The van der Waals surface area contributed by atoms with Crippen molar-refractivity contribution < 1.29 is 18.7 Å². The van der Waals surface area contributed by atoms with Crippen LogP contribution in [0.4, 0.5) is 10.1 Å². The number of nitriles is 1. The maximum Gasteiger partial charge on any atom is 0.266 e. The van der Waals surface area contributed by atoms with Crippen molar-refractivity contribution in [1.82, 2.24) is 0 Å². The van der Waals surface area contributed by atoms with Crippen LogP contribution in [-0.2, 0) is 4.79 Å². The van der Waals surface area contributed by atoms with Crippen LogP contribution >= 0.6 is 11.6 Å². The molecule has 2 aromatic carbocycles. The summed E-state index contributed by atoms with van der Waals surface area (Å²) in [6.45, 7) is 5.99. The quantitative estimate of drug-likeness (QED) is 0.385. The van der Waals surface area contributed by atoms with Gasteiger partial charge in [0.05, 0.1) is 17.3 Å². The monoisotopic (exact) mass is 400 g/mol. The van der Waals surface area contributed by atoms with Gasteiger partial charge < -0.3 is 14.8 Å². The van der Waals surface area contributed by atoms with E-state index in [0.717, 1.165) is 0 Å². The fourth-order valence-electron chi connectivity index (χ4n) is 2.28. The van der Waals surface area contributed by atoms with Crippen LogP contribution < -0.4 is 14.8 Å². The number of hydrogen-bond acceptors (Lipinski definition) is 4. The topological polar surface area (TPSA) is 71.3 Å². The first-order chi connectivity index (χ1) is 13.5. The van der Waals surface area contributed by atoms with Crippen LogP contribution in [0.2, 0.25) is 5.02 Å². The Hall–Kier alpha value is -3.30. The molecule has 7 heteroatoms. The molecule has 0 saturated carbocycles. The molecule has 0 unspecified atom stereocenters. The fraction of sp³-hybridized carbons (Fsp3) is 0.143. The molecule has 0 saturated heterocycles. The van der Waals surface area contributed by atoms with Gasteiger partial charge in [0, 0.05) is 0 Å². The molecule has 28 heavy (non-hydrogen) atoms. The largest absolute Gasteiger partial charge is 0.490 e. The highest BCUT2D eigenvalue weighted by atomic mass is 35.5. The lowest BCUT2D eigenvalue weighted by Gasteiger charge is -2.13. The fourth-order valence-corrected chi connectivity index (χ4v) is 2.56. The van der Waals surface area contributed by atoms with Gasteiger partial charge in [-0.1, -0.05) is 36.4 Å². The number of amides is 1. The van der Waals surface area contributed by atoms with E-state index in [1.807, 2.05) is 6.07 Å². The molecule has 0 aliphatic heterocycles. The molecule has 144 valence electrons. The molecule has 1 N–H and O–H groups in total. The number of carbonyl (C=O) groups excluding carboxylic acids is 1. The summed E-state index contributed by atoms with van der Waals surface area (Å²) in [6.07, 6.45) is 2.91. The van der Waals surface area contributed by atoms with E-state index in [-0.39, 0.29) is 22.9 Å². The Labute approximate surface area is 167 Å². The normalized spacial score (nSPS) is 10.7. The summed E-state index contributed by atoms with van der Waals surface area (Å²) in [5.41, 5.74) is 0.219. The van der Waals surface area contributed by atoms with Gasteiger partial charge in [-0.25, -0.2) is 4.39 Å². The summed E-state index contributed by atoms with van der Waals surface area (Å²) in [4.78, 5) is 12.3. The second-order valence-electron chi connectivity index (χ2n) is 5.47. The van der Waals surface area contributed by atoms with Gasteiger partial charge in [0.25, 0.3) is 5.91 Å². The number of hydrogen-bond donors (Lipinski definition) is 1. The summed E-state index contributed by atoms with van der Waals surface area (Å²) >= 11 is 6.26. The molecule has 0 aliphatic carbocycles. The van der Waals surface area contributed by atoms with Gasteiger partial charge >= 0.3 is 0 Å². The molecule has 5 nitrogen and oxygen atoms in total. The number of carbonyl (C=O) groups is 1. The third-order valence-electron chi connectivity index (χ3n) is 3.48. The summed E-state index contributed by atoms with van der Waals surface area (Å²) in [7, 11) is 0. The van der Waals surface area contributed by atoms with E-state index in [9.17, 15) is 14.4 Å². The lowest BCUT2D eigenvalue weighted by molar-refractivity contribution is -0.112. The Morgan fingerprint density at radius 3 is 2.75 bits per heavy atom. The van der Waals surface area contributed by atoms with Gasteiger partial charge in [-0.15, -0.1) is 0 Å². The highest BCUT2D eigenvalue weighted by Crippen LogP contribution is 2.37. The Balaban J connectivity index is 2.35. The zero-order valence-electron chi connectivity index (χ0n) is 15.2. The SMILES string of the molecule is C=CCOc1c(Cl)cc(/C=C(/C#N)C(=O)Nc2ccccc2F)cc1OCC. The van der Waals surface area contributed by atoms with Crippen LogP contribution in [0.3, 0.4) is 0 Å². The van der Waals surface area contributed by atoms with Crippen molar-refractivity contribution in [2.75, 3.05) is 18.5 Å². The first kappa shape index (κ1) is 21.0. The zero-order chi connectivity index (χ0) is 20.5. The van der Waals surface area contributed by atoms with E-state index >= 15 is 0 Å². The van der Waals surface area contributed by atoms with Crippen molar-refractivity contribution >= 4 is 29.3 Å². The first-order valence-electron chi connectivity index (χ1n) is 8.37. The molecule has 0 aliphatic rings. The number of halogens is 2. The number of anilines is 1. The first-order valence-corrected chi connectivity index (χ1v) is 8.75. The number of rotatable bonds is 8. The molecule has 2 rings (SSSR count). The minimum atomic E-state index is -0.742. The van der Waals surface area contributed by atoms with Crippen molar-refractivity contribution in [2.24, 2.45) is 0 Å². The van der Waals surface area contributed by atoms with Crippen molar-refractivity contribution in [1.29, 1.82) is 5.26 Å². The number of nitrogens with one attached hydrogen (secondary N) is 1. The van der Waals surface area contributed by atoms with Crippen LogP contribution in [0.25, 0.3) is 6.08 Å². The molecule has 0 spiro atoms. The van der Waals surface area contributed by atoms with E-state index in [2.05, 4.69) is 11.9 Å². The number of nitrogens with zero attached hydrogens (tertiary/aromatic N) is 1. The van der Waals surface area contributed by atoms with Gasteiger partial charge in [0.1, 0.15) is 24.1 Å². The Bertz CT molecular complexity index is 951. The number of benzene rings is 2. The van der Waals surface area contributed by atoms with Gasteiger partial charge in [-0.3, -0.25) is 4.79 Å². The molecule has 2 aromatic rings. The summed E-state index contributed by atoms with van der Waals surface area (Å²) in [6, 6.07) is 10.6. The second-order valence-corrected chi connectivity index (χ2v) is 5.87. The molecule has 0 bridgehead atoms. The average molecular weight is 401 g/mol. The molecule has 0 fully saturated rings. The van der Waals surface area contributed by atoms with E-state index in [1.165, 1.54) is 30.3 Å². The van der Waals surface area contributed by atoms with E-state index < -0.39 is 11.7 Å². The van der Waals surface area contributed by atoms with Crippen molar-refractivity contribution in [3.63, 3.8) is 0 Å². The molecule has 0 atom stereocenters. The number of ether oxygens (including phenoxy) is 2. The number of para-hydroxylation sites is 1. The van der Waals surface area contributed by atoms with E-state index in [4.69, 9.17) is 21.1 Å². The van der Waals surface area contributed by atoms with Crippen LogP contribution in [0.15, 0.2) is 54.6 Å². The van der Waals surface area contributed by atoms with E-state index in [0.29, 0.717) is 23.7 Å². The van der Waals surface area contributed by atoms with Crippen LogP contribution in [0.5, 0.6) is 11.5 Å². The smallest absolute Gasteiger partial charge is 0.266 e. The molecular formula is C21H18ClFN2O3. The predicted molar refractivity (Wildman–Crippen MR) is 107 cm³/mol. The minimum Gasteiger partial charge on any atom is -0.490 e. The van der Waals surface area contributed by atoms with Crippen LogP contribution in [0, 0.1) is 17.1 Å². The maximum atomic E-state index is 13.7. The third-order valence-corrected chi connectivity index (χ3v) is 3.76. The second kappa shape index (κ2) is 10.1. The minimum absolute atomic E-state index is 0.0186. The van der Waals surface area contributed by atoms with Gasteiger partial charge in [-0.05, 0) is 42.8 Å². The lowest BCUT2D eigenvalue weighted by atomic mass is 10.1. The van der Waals surface area contributed by atoms with Crippen molar-refractivity contribution in [3.05, 3.63) is 71.0 Å². The molecule has 0 aromatic heterocycles. The van der Waals surface area contributed by atoms with Crippen LogP contribution in [-0.4, -0.2) is 19.1 Å². The van der Waals surface area contributed by atoms with Crippen LogP contribution in [0.1, 0.15) is 12.5 Å². The Morgan fingerprint density at radius 1 is 1.36 bits per heavy atom. The van der Waals surface area contributed by atoms with Gasteiger partial charge in [0.15, 0.2) is 11.5 Å². The maximum absolute atomic E-state index is 13.7. The summed E-state index contributed by atoms with van der Waals surface area (Å²) in [5, 5.41) is 12.0. The molecular weight excluding hydrogens is 383 g/mol. The van der Waals surface area contributed by atoms with Crippen molar-refractivity contribution in [2.45, 2.75) is 6.92 Å². The molecule has 0 radical (unpaired) electrons. The highest BCUT2D eigenvalue weighted by molar-refractivity contribution is 6.32. The highest BCUT2D eigenvalue weighted by Gasteiger charge is 2.15. The third kappa shape index (κ3) is 5.35. The lowest BCUT2D eigenvalue weighted by Crippen LogP contribution is -2.14. The predicted octanol–water partition coefficient (Wildman–Crippen LogP) is 4.99. The summed E-state index contributed by atoms with van der Waals surface area (Å²) < 4.78 is 24.8.